The fraction of sp³-hybridized carbons (Fsp3) is 0.938. The van der Waals surface area contributed by atoms with Crippen LogP contribution in [0, 0.1) is 5.92 Å². The highest BCUT2D eigenvalue weighted by Crippen LogP contribution is 2.10. The number of nitrogens with one attached hydrogen (secondary N) is 1. The van der Waals surface area contributed by atoms with Gasteiger partial charge < -0.3 is 15.0 Å². The van der Waals surface area contributed by atoms with E-state index in [0.29, 0.717) is 25.1 Å². The summed E-state index contributed by atoms with van der Waals surface area (Å²) in [6, 6.07) is 0.556. The summed E-state index contributed by atoms with van der Waals surface area (Å²) >= 11 is 0. The minimum atomic E-state index is 0.165. The number of carbonyl (C=O) groups is 1. The molecular weight excluding hydrogens is 266 g/mol. The summed E-state index contributed by atoms with van der Waals surface area (Å²) in [6.45, 7) is 12.3. The van der Waals surface area contributed by atoms with E-state index in [1.165, 1.54) is 12.8 Å². The number of nitrogens with zero attached hydrogens (tertiary/aromatic N) is 2. The largest absolute Gasteiger partial charge is 0.375 e. The van der Waals surface area contributed by atoms with Crippen molar-refractivity contribution < 1.29 is 9.53 Å². The number of carbonyl (C=O) groups excluding carboxylic acids is 1. The molecule has 2 aliphatic rings. The number of rotatable bonds is 6. The number of hydrogen-bond donors (Lipinski definition) is 1. The molecular formula is C16H31N3O2. The Bertz CT molecular complexity index is 329. The number of morpholine rings is 1. The molecule has 0 aromatic heterocycles. The quantitative estimate of drug-likeness (QED) is 0.793. The molecule has 21 heavy (non-hydrogen) atoms. The molecule has 0 aliphatic carbocycles. The predicted molar refractivity (Wildman–Crippen MR) is 84.3 cm³/mol. The third kappa shape index (κ3) is 5.57. The van der Waals surface area contributed by atoms with Gasteiger partial charge in [0.1, 0.15) is 0 Å². The molecule has 0 saturated carbocycles. The van der Waals surface area contributed by atoms with Crippen molar-refractivity contribution in [1.82, 2.24) is 15.1 Å². The minimum Gasteiger partial charge on any atom is -0.375 e. The Kier molecular flexibility index (Phi) is 6.45. The Morgan fingerprint density at radius 2 is 2.29 bits per heavy atom. The third-order valence-electron chi connectivity index (χ3n) is 4.22. The molecule has 0 spiro atoms. The van der Waals surface area contributed by atoms with Gasteiger partial charge in [-0.05, 0) is 32.2 Å². The van der Waals surface area contributed by atoms with Crippen LogP contribution in [0.4, 0.5) is 0 Å². The Morgan fingerprint density at radius 3 is 2.90 bits per heavy atom. The van der Waals surface area contributed by atoms with E-state index in [9.17, 15) is 4.79 Å². The second-order valence-electron chi connectivity index (χ2n) is 6.90. The smallest absolute Gasteiger partial charge is 0.236 e. The Hall–Kier alpha value is -0.650. The summed E-state index contributed by atoms with van der Waals surface area (Å²) in [4.78, 5) is 16.8. The van der Waals surface area contributed by atoms with Crippen molar-refractivity contribution in [2.45, 2.75) is 45.8 Å². The van der Waals surface area contributed by atoms with Crippen LogP contribution in [0.3, 0.4) is 0 Å². The molecule has 2 atom stereocenters. The Balaban J connectivity index is 1.85. The Labute approximate surface area is 129 Å². The fourth-order valence-electron chi connectivity index (χ4n) is 3.28. The lowest BCUT2D eigenvalue weighted by atomic mass is 10.1. The van der Waals surface area contributed by atoms with Crippen LogP contribution in [0.15, 0.2) is 0 Å². The molecule has 2 saturated heterocycles. The first kappa shape index (κ1) is 16.7. The molecule has 1 amide bonds. The van der Waals surface area contributed by atoms with Crippen LogP contribution in [-0.2, 0) is 9.53 Å². The van der Waals surface area contributed by atoms with Crippen molar-refractivity contribution in [2.75, 3.05) is 45.9 Å². The molecule has 0 aromatic rings. The zero-order valence-corrected chi connectivity index (χ0v) is 13.8. The van der Waals surface area contributed by atoms with Gasteiger partial charge in [-0.25, -0.2) is 0 Å². The van der Waals surface area contributed by atoms with E-state index in [1.54, 1.807) is 0 Å². The van der Waals surface area contributed by atoms with Crippen LogP contribution in [-0.4, -0.2) is 73.7 Å². The minimum absolute atomic E-state index is 0.165. The van der Waals surface area contributed by atoms with Crippen molar-refractivity contribution in [3.8, 4) is 0 Å². The maximum Gasteiger partial charge on any atom is 0.236 e. The summed E-state index contributed by atoms with van der Waals surface area (Å²) in [5.74, 6) is 0.839. The van der Waals surface area contributed by atoms with Crippen LogP contribution in [0.2, 0.25) is 0 Å². The molecule has 2 fully saturated rings. The zero-order chi connectivity index (χ0) is 15.2. The lowest BCUT2D eigenvalue weighted by Crippen LogP contribution is -2.50. The Morgan fingerprint density at radius 1 is 1.48 bits per heavy atom. The molecule has 2 unspecified atom stereocenters. The van der Waals surface area contributed by atoms with Crippen molar-refractivity contribution in [2.24, 2.45) is 5.92 Å². The van der Waals surface area contributed by atoms with E-state index in [-0.39, 0.29) is 12.0 Å². The van der Waals surface area contributed by atoms with Crippen LogP contribution >= 0.6 is 0 Å². The summed E-state index contributed by atoms with van der Waals surface area (Å²) in [6.07, 6.45) is 2.66. The number of hydrogen-bond acceptors (Lipinski definition) is 4. The second-order valence-corrected chi connectivity index (χ2v) is 6.90. The molecule has 0 bridgehead atoms. The fourth-order valence-corrected chi connectivity index (χ4v) is 3.28. The highest BCUT2D eigenvalue weighted by molar-refractivity contribution is 5.78. The van der Waals surface area contributed by atoms with Crippen LogP contribution < -0.4 is 5.32 Å². The van der Waals surface area contributed by atoms with Crippen LogP contribution in [0.1, 0.15) is 33.6 Å². The molecule has 2 aliphatic heterocycles. The summed E-state index contributed by atoms with van der Waals surface area (Å²) in [5, 5.41) is 3.53. The maximum atomic E-state index is 12.5. The first-order valence-electron chi connectivity index (χ1n) is 8.39. The maximum absolute atomic E-state index is 12.5. The van der Waals surface area contributed by atoms with Gasteiger partial charge in [-0.1, -0.05) is 13.8 Å². The van der Waals surface area contributed by atoms with E-state index < -0.39 is 0 Å². The number of ether oxygens (including phenoxy) is 1. The molecule has 1 N–H and O–H groups in total. The molecule has 5 nitrogen and oxygen atoms in total. The standard InChI is InChI=1S/C16H31N3O2/c1-13(2)9-18(11-15-5-4-6-17-15)12-16(20)19-7-8-21-14(3)10-19/h13-15,17H,4-12H2,1-3H3. The molecule has 2 heterocycles. The van der Waals surface area contributed by atoms with E-state index in [1.807, 2.05) is 11.8 Å². The first-order chi connectivity index (χ1) is 10.0. The highest BCUT2D eigenvalue weighted by atomic mass is 16.5. The van der Waals surface area contributed by atoms with Crippen LogP contribution in [0.25, 0.3) is 0 Å². The lowest BCUT2D eigenvalue weighted by Gasteiger charge is -2.34. The molecule has 2 rings (SSSR count). The average Bonchev–Trinajstić information content (AvgIpc) is 2.90. The van der Waals surface area contributed by atoms with Gasteiger partial charge >= 0.3 is 0 Å². The van der Waals surface area contributed by atoms with Crippen molar-refractivity contribution in [3.63, 3.8) is 0 Å². The molecule has 0 aromatic carbocycles. The highest BCUT2D eigenvalue weighted by Gasteiger charge is 2.25. The van der Waals surface area contributed by atoms with Crippen LogP contribution in [0.5, 0.6) is 0 Å². The zero-order valence-electron chi connectivity index (χ0n) is 13.8. The average molecular weight is 297 g/mol. The normalized spacial score (nSPS) is 26.8. The van der Waals surface area contributed by atoms with Crippen molar-refractivity contribution in [3.05, 3.63) is 0 Å². The van der Waals surface area contributed by atoms with Gasteiger partial charge in [0, 0.05) is 32.2 Å². The third-order valence-corrected chi connectivity index (χ3v) is 4.22. The number of amides is 1. The summed E-state index contributed by atoms with van der Waals surface area (Å²) in [7, 11) is 0. The van der Waals surface area contributed by atoms with Gasteiger partial charge in [-0.2, -0.15) is 0 Å². The predicted octanol–water partition coefficient (Wildman–Crippen LogP) is 0.944. The van der Waals surface area contributed by atoms with E-state index in [2.05, 4.69) is 24.1 Å². The molecule has 122 valence electrons. The van der Waals surface area contributed by atoms with Gasteiger partial charge in [0.2, 0.25) is 5.91 Å². The summed E-state index contributed by atoms with van der Waals surface area (Å²) in [5.41, 5.74) is 0. The first-order valence-corrected chi connectivity index (χ1v) is 8.39. The lowest BCUT2D eigenvalue weighted by molar-refractivity contribution is -0.139. The van der Waals surface area contributed by atoms with Gasteiger partial charge in [0.05, 0.1) is 19.3 Å². The van der Waals surface area contributed by atoms with Gasteiger partial charge in [-0.3, -0.25) is 9.69 Å². The molecule has 0 radical (unpaired) electrons. The van der Waals surface area contributed by atoms with E-state index >= 15 is 0 Å². The molecule has 5 heteroatoms. The second kappa shape index (κ2) is 8.11. The monoisotopic (exact) mass is 297 g/mol. The van der Waals surface area contributed by atoms with Gasteiger partial charge in [-0.15, -0.1) is 0 Å². The van der Waals surface area contributed by atoms with Crippen molar-refractivity contribution >= 4 is 5.91 Å². The van der Waals surface area contributed by atoms with E-state index in [0.717, 1.165) is 32.7 Å². The summed E-state index contributed by atoms with van der Waals surface area (Å²) < 4.78 is 5.52. The van der Waals surface area contributed by atoms with Crippen molar-refractivity contribution in [1.29, 1.82) is 0 Å². The van der Waals surface area contributed by atoms with Gasteiger partial charge in [0.15, 0.2) is 0 Å². The van der Waals surface area contributed by atoms with Gasteiger partial charge in [0.25, 0.3) is 0 Å². The topological polar surface area (TPSA) is 44.8 Å². The SMILES string of the molecule is CC(C)CN(CC(=O)N1CCOC(C)C1)CC1CCCN1. The van der Waals surface area contributed by atoms with E-state index in [4.69, 9.17) is 4.74 Å².